The fourth-order valence-electron chi connectivity index (χ4n) is 5.22. The van der Waals surface area contributed by atoms with Gasteiger partial charge in [-0.3, -0.25) is 9.59 Å². The molecule has 3 heterocycles. The minimum atomic E-state index is -3.81. The Balaban J connectivity index is 1.44. The molecule has 1 aromatic heterocycles. The van der Waals surface area contributed by atoms with Crippen molar-refractivity contribution >= 4 is 61.1 Å². The fraction of sp³-hybridized carbons (Fsp3) is 0.385. The van der Waals surface area contributed by atoms with Crippen LogP contribution in [0.5, 0.6) is 0 Å². The molecule has 0 spiro atoms. The minimum absolute atomic E-state index is 0.0469. The number of Topliss-reactive ketones (excluding diaryl/α,β-unsaturated/α-hetero) is 1. The molecule has 1 saturated heterocycles. The van der Waals surface area contributed by atoms with Gasteiger partial charge in [0.15, 0.2) is 5.78 Å². The van der Waals surface area contributed by atoms with Crippen molar-refractivity contribution in [3.8, 4) is 0 Å². The molecule has 0 bridgehead atoms. The maximum atomic E-state index is 13.6. The van der Waals surface area contributed by atoms with Gasteiger partial charge in [0.2, 0.25) is 0 Å². The number of rotatable bonds is 9. The second kappa shape index (κ2) is 10.2. The number of ether oxygens (including phenoxy) is 1. The molecular weight excluding hydrogens is 520 g/mol. The number of benzene rings is 2. The van der Waals surface area contributed by atoms with E-state index in [9.17, 15) is 18.0 Å². The van der Waals surface area contributed by atoms with E-state index in [0.717, 1.165) is 46.2 Å². The van der Waals surface area contributed by atoms with Crippen molar-refractivity contribution in [2.75, 3.05) is 31.7 Å². The Hall–Kier alpha value is -2.30. The SMILES string of the molecule is COCCCN1C(=O)c2cccc3c(CC(=O)C4CCCCN4S(=O)(=O)c4ccc(Cl)s4)ccc1c23. The van der Waals surface area contributed by atoms with Gasteiger partial charge in [0.05, 0.1) is 16.1 Å². The van der Waals surface area contributed by atoms with Crippen molar-refractivity contribution in [2.45, 2.75) is 42.4 Å². The van der Waals surface area contributed by atoms with E-state index in [2.05, 4.69) is 0 Å². The van der Waals surface area contributed by atoms with Gasteiger partial charge in [-0.05, 0) is 54.5 Å². The highest BCUT2D eigenvalue weighted by Gasteiger charge is 2.38. The number of nitrogens with zero attached hydrogens (tertiary/aromatic N) is 2. The van der Waals surface area contributed by atoms with E-state index in [0.29, 0.717) is 42.4 Å². The van der Waals surface area contributed by atoms with Crippen LogP contribution in [0.15, 0.2) is 46.7 Å². The number of halogens is 1. The van der Waals surface area contributed by atoms with Crippen LogP contribution in [0.25, 0.3) is 10.8 Å². The zero-order valence-corrected chi connectivity index (χ0v) is 22.3. The van der Waals surface area contributed by atoms with Gasteiger partial charge >= 0.3 is 0 Å². The summed E-state index contributed by atoms with van der Waals surface area (Å²) in [6.45, 7) is 1.42. The number of hydrogen-bond acceptors (Lipinski definition) is 6. The van der Waals surface area contributed by atoms with Crippen molar-refractivity contribution in [2.24, 2.45) is 0 Å². The molecule has 0 radical (unpaired) electrons. The average molecular weight is 547 g/mol. The van der Waals surface area contributed by atoms with E-state index in [1.807, 2.05) is 30.3 Å². The summed E-state index contributed by atoms with van der Waals surface area (Å²) >= 11 is 6.99. The Kier molecular flexibility index (Phi) is 7.20. The van der Waals surface area contributed by atoms with Gasteiger partial charge < -0.3 is 9.64 Å². The quantitative estimate of drug-likeness (QED) is 0.356. The van der Waals surface area contributed by atoms with E-state index in [1.165, 1.54) is 10.4 Å². The Morgan fingerprint density at radius 2 is 2.00 bits per heavy atom. The molecule has 0 aliphatic carbocycles. The largest absolute Gasteiger partial charge is 0.385 e. The summed E-state index contributed by atoms with van der Waals surface area (Å²) in [5.74, 6) is -0.183. The lowest BCUT2D eigenvalue weighted by Gasteiger charge is -2.33. The molecule has 5 rings (SSSR count). The lowest BCUT2D eigenvalue weighted by molar-refractivity contribution is -0.122. The van der Waals surface area contributed by atoms with Gasteiger partial charge in [0.25, 0.3) is 15.9 Å². The van der Waals surface area contributed by atoms with Crippen LogP contribution < -0.4 is 4.90 Å². The Morgan fingerprint density at radius 3 is 2.75 bits per heavy atom. The zero-order valence-electron chi connectivity index (χ0n) is 19.9. The number of carbonyl (C=O) groups is 2. The van der Waals surface area contributed by atoms with Crippen molar-refractivity contribution in [1.82, 2.24) is 4.31 Å². The second-order valence-electron chi connectivity index (χ2n) is 9.10. The van der Waals surface area contributed by atoms with Crippen LogP contribution in [0, 0.1) is 0 Å². The number of amides is 1. The average Bonchev–Trinajstić information content (AvgIpc) is 3.44. The number of piperidine rings is 1. The maximum Gasteiger partial charge on any atom is 0.258 e. The topological polar surface area (TPSA) is 84.0 Å². The number of carbonyl (C=O) groups excluding carboxylic acids is 2. The van der Waals surface area contributed by atoms with Crippen molar-refractivity contribution in [3.63, 3.8) is 0 Å². The number of anilines is 1. The fourth-order valence-corrected chi connectivity index (χ4v) is 8.51. The third-order valence-electron chi connectivity index (χ3n) is 6.91. The van der Waals surface area contributed by atoms with Crippen LogP contribution >= 0.6 is 22.9 Å². The summed E-state index contributed by atoms with van der Waals surface area (Å²) in [5, 5.41) is 1.71. The van der Waals surface area contributed by atoms with E-state index in [-0.39, 0.29) is 22.3 Å². The summed E-state index contributed by atoms with van der Waals surface area (Å²) in [7, 11) is -2.18. The van der Waals surface area contributed by atoms with Crippen LogP contribution in [0.1, 0.15) is 41.6 Å². The first-order chi connectivity index (χ1) is 17.3. The summed E-state index contributed by atoms with van der Waals surface area (Å²) in [6.07, 6.45) is 2.82. The van der Waals surface area contributed by atoms with Gasteiger partial charge in [0, 0.05) is 44.2 Å². The highest BCUT2D eigenvalue weighted by molar-refractivity contribution is 7.91. The lowest BCUT2D eigenvalue weighted by atomic mass is 9.93. The van der Waals surface area contributed by atoms with Gasteiger partial charge in [-0.2, -0.15) is 4.31 Å². The molecule has 36 heavy (non-hydrogen) atoms. The Bertz CT molecular complexity index is 1440. The first kappa shape index (κ1) is 25.4. The number of thiophene rings is 1. The van der Waals surface area contributed by atoms with Crippen molar-refractivity contribution < 1.29 is 22.7 Å². The lowest BCUT2D eigenvalue weighted by Crippen LogP contribution is -2.48. The highest BCUT2D eigenvalue weighted by Crippen LogP contribution is 2.39. The first-order valence-corrected chi connectivity index (χ1v) is 14.6. The molecule has 190 valence electrons. The van der Waals surface area contributed by atoms with Crippen molar-refractivity contribution in [1.29, 1.82) is 0 Å². The van der Waals surface area contributed by atoms with E-state index >= 15 is 0 Å². The van der Waals surface area contributed by atoms with Crippen LogP contribution in [-0.2, 0) is 26.0 Å². The summed E-state index contributed by atoms with van der Waals surface area (Å²) in [4.78, 5) is 28.4. The molecule has 3 aromatic rings. The predicted octanol–water partition coefficient (Wildman–Crippen LogP) is 4.91. The standard InChI is InChI=1S/C26H27ClN2O5S2/c1-34-15-5-13-28-21-10-9-17(18-6-4-7-19(25(18)21)26(28)31)16-22(30)20-8-2-3-14-29(20)36(32,33)24-12-11-23(27)35-24/h4,6-7,9-12,20H,2-3,5,8,13-16H2,1H3. The molecule has 1 fully saturated rings. The number of hydrogen-bond donors (Lipinski definition) is 0. The molecule has 2 aromatic carbocycles. The monoisotopic (exact) mass is 546 g/mol. The molecule has 2 aliphatic heterocycles. The Labute approximate surface area is 219 Å². The van der Waals surface area contributed by atoms with Crippen LogP contribution in [0.2, 0.25) is 4.34 Å². The van der Waals surface area contributed by atoms with Crippen LogP contribution in [0.3, 0.4) is 0 Å². The highest BCUT2D eigenvalue weighted by atomic mass is 35.5. The second-order valence-corrected chi connectivity index (χ2v) is 12.9. The molecule has 1 amide bonds. The van der Waals surface area contributed by atoms with Gasteiger partial charge in [-0.25, -0.2) is 8.42 Å². The molecule has 1 unspecified atom stereocenters. The number of methoxy groups -OCH3 is 1. The van der Waals surface area contributed by atoms with E-state index in [1.54, 1.807) is 18.1 Å². The molecule has 0 saturated carbocycles. The third kappa shape index (κ3) is 4.48. The molecule has 0 N–H and O–H groups in total. The molecule has 7 nitrogen and oxygen atoms in total. The molecule has 2 aliphatic rings. The molecular formula is C26H27ClN2O5S2. The van der Waals surface area contributed by atoms with E-state index in [4.69, 9.17) is 16.3 Å². The van der Waals surface area contributed by atoms with Crippen LogP contribution in [0.4, 0.5) is 5.69 Å². The number of sulfonamides is 1. The predicted molar refractivity (Wildman–Crippen MR) is 142 cm³/mol. The van der Waals surface area contributed by atoms with E-state index < -0.39 is 16.1 Å². The third-order valence-corrected chi connectivity index (χ3v) is 10.5. The first-order valence-electron chi connectivity index (χ1n) is 12.0. The van der Waals surface area contributed by atoms with Gasteiger partial charge in [0.1, 0.15) is 4.21 Å². The summed E-state index contributed by atoms with van der Waals surface area (Å²) in [6, 6.07) is 11.7. The zero-order chi connectivity index (χ0) is 25.4. The number of ketones is 1. The van der Waals surface area contributed by atoms with Gasteiger partial charge in [-0.15, -0.1) is 11.3 Å². The van der Waals surface area contributed by atoms with Crippen LogP contribution in [-0.4, -0.2) is 57.3 Å². The smallest absolute Gasteiger partial charge is 0.258 e. The molecule has 10 heteroatoms. The minimum Gasteiger partial charge on any atom is -0.385 e. The maximum absolute atomic E-state index is 13.6. The normalized spacial score (nSPS) is 18.3. The summed E-state index contributed by atoms with van der Waals surface area (Å²) in [5.41, 5.74) is 2.27. The van der Waals surface area contributed by atoms with Crippen molar-refractivity contribution in [3.05, 3.63) is 57.9 Å². The summed E-state index contributed by atoms with van der Waals surface area (Å²) < 4.78 is 33.7. The van der Waals surface area contributed by atoms with Gasteiger partial charge in [-0.1, -0.05) is 36.2 Å². The Morgan fingerprint density at radius 1 is 1.17 bits per heavy atom. The molecule has 1 atom stereocenters.